The second-order valence-corrected chi connectivity index (χ2v) is 5.96. The normalized spacial score (nSPS) is 10.7. The SMILES string of the molecule is COc1ccc(C)cc1CN(C)C(=O)c1cc2ccccc2oc1=O. The molecule has 0 aliphatic carbocycles. The van der Waals surface area contributed by atoms with E-state index in [1.807, 2.05) is 31.2 Å². The van der Waals surface area contributed by atoms with Crippen molar-refractivity contribution in [3.63, 3.8) is 0 Å². The van der Waals surface area contributed by atoms with Gasteiger partial charge in [-0.2, -0.15) is 0 Å². The van der Waals surface area contributed by atoms with Crippen molar-refractivity contribution in [1.29, 1.82) is 0 Å². The van der Waals surface area contributed by atoms with Gasteiger partial charge in [0, 0.05) is 24.5 Å². The number of aryl methyl sites for hydroxylation is 1. The Hall–Kier alpha value is -3.08. The summed E-state index contributed by atoms with van der Waals surface area (Å²) in [7, 11) is 3.24. The van der Waals surface area contributed by atoms with Crippen molar-refractivity contribution in [2.45, 2.75) is 13.5 Å². The maximum Gasteiger partial charge on any atom is 0.349 e. The molecular weight excluding hydrogens is 318 g/mol. The van der Waals surface area contributed by atoms with Gasteiger partial charge in [0.2, 0.25) is 0 Å². The van der Waals surface area contributed by atoms with Crippen LogP contribution in [0.1, 0.15) is 21.5 Å². The smallest absolute Gasteiger partial charge is 0.349 e. The third-order valence-corrected chi connectivity index (χ3v) is 4.06. The van der Waals surface area contributed by atoms with Gasteiger partial charge in [0.1, 0.15) is 16.9 Å². The van der Waals surface area contributed by atoms with E-state index in [2.05, 4.69) is 0 Å². The molecule has 1 amide bonds. The van der Waals surface area contributed by atoms with E-state index >= 15 is 0 Å². The third kappa shape index (κ3) is 3.40. The van der Waals surface area contributed by atoms with Crippen LogP contribution >= 0.6 is 0 Å². The van der Waals surface area contributed by atoms with Crippen LogP contribution in [-0.2, 0) is 6.54 Å². The number of carbonyl (C=O) groups excluding carboxylic acids is 1. The molecule has 0 fully saturated rings. The van der Waals surface area contributed by atoms with Gasteiger partial charge in [-0.15, -0.1) is 0 Å². The number of nitrogens with zero attached hydrogens (tertiary/aromatic N) is 1. The molecule has 0 bridgehead atoms. The van der Waals surface area contributed by atoms with E-state index in [1.54, 1.807) is 38.4 Å². The van der Waals surface area contributed by atoms with Gasteiger partial charge in [-0.3, -0.25) is 4.79 Å². The van der Waals surface area contributed by atoms with Crippen LogP contribution in [0.2, 0.25) is 0 Å². The van der Waals surface area contributed by atoms with Crippen molar-refractivity contribution in [2.24, 2.45) is 0 Å². The van der Waals surface area contributed by atoms with Gasteiger partial charge in [0.15, 0.2) is 0 Å². The molecule has 0 atom stereocenters. The summed E-state index contributed by atoms with van der Waals surface area (Å²) in [5, 5.41) is 0.715. The number of hydrogen-bond donors (Lipinski definition) is 0. The minimum Gasteiger partial charge on any atom is -0.496 e. The number of benzene rings is 2. The predicted molar refractivity (Wildman–Crippen MR) is 96.0 cm³/mol. The Balaban J connectivity index is 1.92. The Morgan fingerprint density at radius 1 is 1.16 bits per heavy atom. The van der Waals surface area contributed by atoms with Crippen LogP contribution in [0, 0.1) is 6.92 Å². The molecule has 0 aliphatic rings. The predicted octanol–water partition coefficient (Wildman–Crippen LogP) is 3.38. The summed E-state index contributed by atoms with van der Waals surface area (Å²) in [5.41, 5.74) is 1.80. The third-order valence-electron chi connectivity index (χ3n) is 4.06. The minimum absolute atomic E-state index is 0.0211. The largest absolute Gasteiger partial charge is 0.496 e. The van der Waals surface area contributed by atoms with Crippen LogP contribution < -0.4 is 10.4 Å². The fraction of sp³-hybridized carbons (Fsp3) is 0.200. The molecule has 5 nitrogen and oxygen atoms in total. The van der Waals surface area contributed by atoms with Gasteiger partial charge in [-0.1, -0.05) is 35.9 Å². The summed E-state index contributed by atoms with van der Waals surface area (Å²) < 4.78 is 10.6. The van der Waals surface area contributed by atoms with E-state index < -0.39 is 5.63 Å². The average molecular weight is 337 g/mol. The first-order chi connectivity index (χ1) is 12.0. The lowest BCUT2D eigenvalue weighted by atomic mass is 10.1. The number of ether oxygens (including phenoxy) is 1. The molecule has 2 aromatic carbocycles. The Bertz CT molecular complexity index is 990. The van der Waals surface area contributed by atoms with Crippen molar-refractivity contribution in [3.05, 3.63) is 75.6 Å². The molecule has 1 heterocycles. The van der Waals surface area contributed by atoms with Crippen LogP contribution in [0.4, 0.5) is 0 Å². The van der Waals surface area contributed by atoms with E-state index in [-0.39, 0.29) is 11.5 Å². The molecule has 5 heteroatoms. The van der Waals surface area contributed by atoms with Gasteiger partial charge in [-0.05, 0) is 25.1 Å². The molecule has 0 saturated carbocycles. The Morgan fingerprint density at radius 2 is 1.92 bits per heavy atom. The van der Waals surface area contributed by atoms with Gasteiger partial charge in [0.05, 0.1) is 7.11 Å². The zero-order valence-corrected chi connectivity index (χ0v) is 14.4. The van der Waals surface area contributed by atoms with E-state index in [1.165, 1.54) is 4.90 Å². The highest BCUT2D eigenvalue weighted by Crippen LogP contribution is 2.22. The lowest BCUT2D eigenvalue weighted by Crippen LogP contribution is -2.30. The number of methoxy groups -OCH3 is 1. The number of rotatable bonds is 4. The quantitative estimate of drug-likeness (QED) is 0.685. The minimum atomic E-state index is -0.633. The lowest BCUT2D eigenvalue weighted by molar-refractivity contribution is 0.0780. The fourth-order valence-corrected chi connectivity index (χ4v) is 2.77. The van der Waals surface area contributed by atoms with Crippen LogP contribution in [0.3, 0.4) is 0 Å². The number of fused-ring (bicyclic) bond motifs is 1. The maximum atomic E-state index is 12.7. The summed E-state index contributed by atoms with van der Waals surface area (Å²) in [6.07, 6.45) is 0. The molecule has 0 unspecified atom stereocenters. The zero-order valence-electron chi connectivity index (χ0n) is 14.4. The van der Waals surface area contributed by atoms with Crippen molar-refractivity contribution < 1.29 is 13.9 Å². The van der Waals surface area contributed by atoms with Crippen LogP contribution in [0.25, 0.3) is 11.0 Å². The van der Waals surface area contributed by atoms with Gasteiger partial charge in [-0.25, -0.2) is 4.79 Å². The number of hydrogen-bond acceptors (Lipinski definition) is 4. The Morgan fingerprint density at radius 3 is 2.68 bits per heavy atom. The average Bonchev–Trinajstić information content (AvgIpc) is 2.60. The fourth-order valence-electron chi connectivity index (χ4n) is 2.77. The molecule has 0 N–H and O–H groups in total. The topological polar surface area (TPSA) is 59.8 Å². The van der Waals surface area contributed by atoms with Crippen molar-refractivity contribution in [1.82, 2.24) is 4.90 Å². The highest BCUT2D eigenvalue weighted by atomic mass is 16.5. The van der Waals surface area contributed by atoms with Gasteiger partial charge < -0.3 is 14.1 Å². The van der Waals surface area contributed by atoms with Crippen LogP contribution in [-0.4, -0.2) is 25.0 Å². The molecule has 0 radical (unpaired) electrons. The number of amides is 1. The van der Waals surface area contributed by atoms with Gasteiger partial charge >= 0.3 is 5.63 Å². The summed E-state index contributed by atoms with van der Waals surface area (Å²) >= 11 is 0. The van der Waals surface area contributed by atoms with Crippen LogP contribution in [0.5, 0.6) is 5.75 Å². The molecular formula is C20H19NO4. The summed E-state index contributed by atoms with van der Waals surface area (Å²) in [4.78, 5) is 26.4. The van der Waals surface area contributed by atoms with Crippen molar-refractivity contribution in [2.75, 3.05) is 14.2 Å². The Kier molecular flexibility index (Phi) is 4.57. The zero-order chi connectivity index (χ0) is 18.0. The lowest BCUT2D eigenvalue weighted by Gasteiger charge is -2.19. The van der Waals surface area contributed by atoms with Gasteiger partial charge in [0.25, 0.3) is 5.91 Å². The first-order valence-electron chi connectivity index (χ1n) is 7.91. The summed E-state index contributed by atoms with van der Waals surface area (Å²) in [5.74, 6) is 0.318. The van der Waals surface area contributed by atoms with E-state index in [4.69, 9.17) is 9.15 Å². The molecule has 3 aromatic rings. The maximum absolute atomic E-state index is 12.7. The molecule has 0 aliphatic heterocycles. The highest BCUT2D eigenvalue weighted by molar-refractivity contribution is 5.96. The second-order valence-electron chi connectivity index (χ2n) is 5.96. The van der Waals surface area contributed by atoms with Crippen molar-refractivity contribution >= 4 is 16.9 Å². The van der Waals surface area contributed by atoms with E-state index in [0.717, 1.165) is 11.1 Å². The molecule has 1 aromatic heterocycles. The molecule has 25 heavy (non-hydrogen) atoms. The highest BCUT2D eigenvalue weighted by Gasteiger charge is 2.19. The second kappa shape index (κ2) is 6.81. The molecule has 3 rings (SSSR count). The van der Waals surface area contributed by atoms with Crippen molar-refractivity contribution in [3.8, 4) is 5.75 Å². The van der Waals surface area contributed by atoms with Crippen LogP contribution in [0.15, 0.2) is 57.7 Å². The monoisotopic (exact) mass is 337 g/mol. The molecule has 0 saturated heterocycles. The number of para-hydroxylation sites is 1. The van der Waals surface area contributed by atoms with E-state index in [9.17, 15) is 9.59 Å². The van der Waals surface area contributed by atoms with E-state index in [0.29, 0.717) is 23.3 Å². The Labute approximate surface area is 145 Å². The first kappa shape index (κ1) is 16.8. The standard InChI is InChI=1S/C20H19NO4/c1-13-8-9-17(24-3)15(10-13)12-21(2)19(22)16-11-14-6-4-5-7-18(14)25-20(16)23/h4-11H,12H2,1-3H3. The molecule has 128 valence electrons. The summed E-state index contributed by atoms with van der Waals surface area (Å²) in [6, 6.07) is 14.5. The first-order valence-corrected chi connectivity index (χ1v) is 7.91. The number of carbonyl (C=O) groups is 1. The summed E-state index contributed by atoms with van der Waals surface area (Å²) in [6.45, 7) is 2.30. The molecule has 0 spiro atoms.